The van der Waals surface area contributed by atoms with Crippen molar-refractivity contribution < 1.29 is 46.4 Å². The van der Waals surface area contributed by atoms with Crippen LogP contribution in [0.5, 0.6) is 0 Å². The van der Waals surface area contributed by atoms with Gasteiger partial charge in [0.25, 0.3) is 0 Å². The van der Waals surface area contributed by atoms with Crippen molar-refractivity contribution in [1.82, 2.24) is 0 Å². The molecule has 0 spiro atoms. The Morgan fingerprint density at radius 3 is 1.37 bits per heavy atom. The van der Waals surface area contributed by atoms with E-state index in [1.54, 1.807) is 0 Å². The van der Waals surface area contributed by atoms with Crippen molar-refractivity contribution in [2.45, 2.75) is 120 Å². The van der Waals surface area contributed by atoms with Gasteiger partial charge in [-0.2, -0.15) is 0 Å². The maximum atomic E-state index is 12.4. The Hall–Kier alpha value is -1.01. The summed E-state index contributed by atoms with van der Waals surface area (Å²) in [6.07, 6.45) is 6.89. The molecule has 4 saturated carbocycles. The average Bonchev–Trinajstić information content (AvgIpc) is 3.82. The van der Waals surface area contributed by atoms with Crippen LogP contribution in [0.15, 0.2) is 0 Å². The number of fused-ring (bicyclic) bond motifs is 10. The number of rotatable bonds is 18. The van der Waals surface area contributed by atoms with E-state index in [0.717, 1.165) is 76.9 Å². The van der Waals surface area contributed by atoms with E-state index in [9.17, 15) is 19.2 Å². The molecule has 276 valence electrons. The minimum atomic E-state index is -2.07. The highest BCUT2D eigenvalue weighted by atomic mass is 28.4. The smallest absolute Gasteiger partial charge is 0.317 e. The van der Waals surface area contributed by atoms with E-state index >= 15 is 0 Å². The molecule has 0 radical (unpaired) electrons. The first-order valence-electron chi connectivity index (χ1n) is 19.0. The van der Waals surface area contributed by atoms with Gasteiger partial charge < -0.3 is 27.2 Å². The van der Waals surface area contributed by atoms with Gasteiger partial charge in [0.1, 0.15) is 0 Å². The van der Waals surface area contributed by atoms with E-state index in [1.807, 2.05) is 0 Å². The van der Waals surface area contributed by atoms with E-state index in [-0.39, 0.29) is 71.2 Å². The number of hydrogen-bond acceptors (Lipinski definition) is 10. The normalized spacial score (nSPS) is 35.3. The third kappa shape index (κ3) is 7.72. The highest BCUT2D eigenvalue weighted by Gasteiger charge is 2.67. The van der Waals surface area contributed by atoms with Gasteiger partial charge in [-0.3, -0.25) is 19.2 Å². The van der Waals surface area contributed by atoms with Gasteiger partial charge >= 0.3 is 23.9 Å². The largest absolute Gasteiger partial charge is 0.455 e. The molecule has 6 aliphatic rings. The first-order valence-corrected chi connectivity index (χ1v) is 31.2. The Kier molecular flexibility index (Phi) is 10.8. The minimum Gasteiger partial charge on any atom is -0.455 e. The molecule has 0 aromatic rings. The zero-order chi connectivity index (χ0) is 35.5. The summed E-state index contributed by atoms with van der Waals surface area (Å²) < 4.78 is 36.0. The highest BCUT2D eigenvalue weighted by molar-refractivity contribution is 6.86. The summed E-state index contributed by atoms with van der Waals surface area (Å²) in [5, 5.41) is 0. The second kappa shape index (κ2) is 14.1. The van der Waals surface area contributed by atoms with Crippen LogP contribution < -0.4 is 0 Å². The molecule has 4 aliphatic carbocycles. The number of carbonyl (C=O) groups excluding carboxylic acids is 4. The van der Waals surface area contributed by atoms with Crippen molar-refractivity contribution in [1.29, 1.82) is 0 Å². The fourth-order valence-electron chi connectivity index (χ4n) is 11.3. The Balaban J connectivity index is 0.809. The number of unbranched alkanes of at least 4 members (excludes halogenated alkanes) is 1. The molecule has 6 fully saturated rings. The Morgan fingerprint density at radius 1 is 0.510 bits per heavy atom. The lowest BCUT2D eigenvalue weighted by Crippen LogP contribution is -2.50. The molecule has 49 heavy (non-hydrogen) atoms. The SMILES string of the molecule is C[Si](C)(CCCOCCCCOCC[Si](C)(C)O[Si](C)(C)C1CC2CC1C1C(=O)OC(=O)C21)O[Si](C)(C)C1CC2CC1C1C(=O)OC(=O)C21. The second-order valence-electron chi connectivity index (χ2n) is 18.3. The molecule has 10 atom stereocenters. The third-order valence-corrected chi connectivity index (χ3v) is 29.6. The fourth-order valence-corrected chi connectivity index (χ4v) is 30.9. The summed E-state index contributed by atoms with van der Waals surface area (Å²) in [4.78, 5) is 49.1. The van der Waals surface area contributed by atoms with Crippen LogP contribution >= 0.6 is 0 Å². The van der Waals surface area contributed by atoms with Gasteiger partial charge in [0, 0.05) is 26.4 Å². The van der Waals surface area contributed by atoms with Crippen LogP contribution in [-0.2, 0) is 46.4 Å². The van der Waals surface area contributed by atoms with Crippen molar-refractivity contribution in [2.75, 3.05) is 26.4 Å². The lowest BCUT2D eigenvalue weighted by molar-refractivity contribution is -0.156. The van der Waals surface area contributed by atoms with Gasteiger partial charge in [0.05, 0.1) is 23.7 Å². The topological polar surface area (TPSA) is 124 Å². The van der Waals surface area contributed by atoms with Gasteiger partial charge in [-0.1, -0.05) is 0 Å². The summed E-state index contributed by atoms with van der Waals surface area (Å²) in [6.45, 7) is 21.3. The first-order chi connectivity index (χ1) is 22.9. The number of hydrogen-bond donors (Lipinski definition) is 0. The first kappa shape index (κ1) is 37.7. The molecular weight excluding hydrogens is 693 g/mol. The zero-order valence-electron chi connectivity index (χ0n) is 31.0. The fraction of sp³-hybridized carbons (Fsp3) is 0.886. The average molecular weight is 753 g/mol. The van der Waals surface area contributed by atoms with E-state index < -0.39 is 33.3 Å². The molecule has 2 heterocycles. The summed E-state index contributed by atoms with van der Waals surface area (Å²) in [7, 11) is -7.96. The highest BCUT2D eigenvalue weighted by Crippen LogP contribution is 2.64. The van der Waals surface area contributed by atoms with Crippen LogP contribution in [0.3, 0.4) is 0 Å². The molecule has 0 aromatic carbocycles. The predicted octanol–water partition coefficient (Wildman–Crippen LogP) is 6.50. The lowest BCUT2D eigenvalue weighted by Gasteiger charge is -2.42. The lowest BCUT2D eigenvalue weighted by atomic mass is 9.81. The number of cyclic esters (lactones) is 4. The summed E-state index contributed by atoms with van der Waals surface area (Å²) in [5.74, 6) is -0.957. The van der Waals surface area contributed by atoms with Crippen molar-refractivity contribution in [3.8, 4) is 0 Å². The quantitative estimate of drug-likeness (QED) is 0.0664. The molecular formula is C35H60O10Si4. The Morgan fingerprint density at radius 2 is 0.898 bits per heavy atom. The van der Waals surface area contributed by atoms with Crippen molar-refractivity contribution >= 4 is 57.1 Å². The monoisotopic (exact) mass is 752 g/mol. The Labute approximate surface area is 296 Å². The maximum absolute atomic E-state index is 12.4. The van der Waals surface area contributed by atoms with Crippen molar-refractivity contribution in [3.05, 3.63) is 0 Å². The maximum Gasteiger partial charge on any atom is 0.317 e. The third-order valence-electron chi connectivity index (χ3n) is 13.1. The van der Waals surface area contributed by atoms with Crippen molar-refractivity contribution in [2.24, 2.45) is 47.3 Å². The number of ether oxygens (including phenoxy) is 4. The van der Waals surface area contributed by atoms with Crippen LogP contribution in [0.2, 0.25) is 75.5 Å². The number of esters is 4. The van der Waals surface area contributed by atoms with Crippen LogP contribution in [-0.4, -0.2) is 83.6 Å². The van der Waals surface area contributed by atoms with Crippen LogP contribution in [0.1, 0.15) is 44.9 Å². The van der Waals surface area contributed by atoms with Gasteiger partial charge in [-0.05, 0) is 144 Å². The molecule has 6 rings (SSSR count). The molecule has 0 aromatic heterocycles. The molecule has 4 bridgehead atoms. The molecule has 2 aliphatic heterocycles. The molecule has 10 nitrogen and oxygen atoms in total. The standard InChI is InChI=1S/C35H60O10Si4/c1-46(2,44-48(5,6)26-20-22-18-24(26)30-28(22)32(36)42-34(30)38)16-11-14-40-12-9-10-13-41-15-17-47(3,4)45-49(7,8)27-21-23-19-25(27)31-29(23)33(37)43-35(31)39/h22-31H,9-21H2,1-8H3. The van der Waals surface area contributed by atoms with Gasteiger partial charge in [-0.25, -0.2) is 0 Å². The van der Waals surface area contributed by atoms with Crippen LogP contribution in [0.25, 0.3) is 0 Å². The number of carbonyl (C=O) groups is 4. The van der Waals surface area contributed by atoms with Gasteiger partial charge in [-0.15, -0.1) is 0 Å². The second-order valence-corrected chi connectivity index (χ2v) is 35.9. The van der Waals surface area contributed by atoms with Gasteiger partial charge in [0.2, 0.25) is 0 Å². The summed E-state index contributed by atoms with van der Waals surface area (Å²) in [5.41, 5.74) is 0.825. The van der Waals surface area contributed by atoms with Crippen molar-refractivity contribution in [3.63, 3.8) is 0 Å². The molecule has 14 heteroatoms. The Bertz CT molecular complexity index is 1210. The van der Waals surface area contributed by atoms with Crippen LogP contribution in [0.4, 0.5) is 0 Å². The zero-order valence-corrected chi connectivity index (χ0v) is 35.0. The molecule has 0 amide bonds. The van der Waals surface area contributed by atoms with E-state index in [2.05, 4.69) is 52.4 Å². The minimum absolute atomic E-state index is 0.195. The summed E-state index contributed by atoms with van der Waals surface area (Å²) in [6, 6.07) is 2.00. The predicted molar refractivity (Wildman–Crippen MR) is 193 cm³/mol. The van der Waals surface area contributed by atoms with E-state index in [4.69, 9.17) is 27.2 Å². The van der Waals surface area contributed by atoms with Crippen LogP contribution in [0, 0.1) is 47.3 Å². The van der Waals surface area contributed by atoms with Gasteiger partial charge in [0.15, 0.2) is 33.3 Å². The molecule has 2 saturated heterocycles. The molecule has 10 unspecified atom stereocenters. The summed E-state index contributed by atoms with van der Waals surface area (Å²) >= 11 is 0. The van der Waals surface area contributed by atoms with E-state index in [0.29, 0.717) is 17.7 Å². The molecule has 0 N–H and O–H groups in total. The van der Waals surface area contributed by atoms with E-state index in [1.165, 1.54) is 0 Å².